The van der Waals surface area contributed by atoms with E-state index in [1.54, 1.807) is 42.2 Å². The number of benzene rings is 2. The Morgan fingerprint density at radius 1 is 1.07 bits per heavy atom. The highest BCUT2D eigenvalue weighted by molar-refractivity contribution is 7.90. The molecule has 1 saturated heterocycles. The molecule has 0 aliphatic carbocycles. The van der Waals surface area contributed by atoms with E-state index in [2.05, 4.69) is 20.7 Å². The molecule has 0 unspecified atom stereocenters. The maximum Gasteiger partial charge on any atom is 0.328 e. The molecule has 11 nitrogen and oxygen atoms in total. The van der Waals surface area contributed by atoms with Crippen molar-refractivity contribution in [2.24, 2.45) is 0 Å². The topological polar surface area (TPSA) is 138 Å². The van der Waals surface area contributed by atoms with Crippen molar-refractivity contribution in [2.45, 2.75) is 30.6 Å². The summed E-state index contributed by atoms with van der Waals surface area (Å²) in [5, 5.41) is 10.3. The predicted molar refractivity (Wildman–Crippen MR) is 156 cm³/mol. The molecule has 0 spiro atoms. The lowest BCUT2D eigenvalue weighted by molar-refractivity contribution is 0.0713. The van der Waals surface area contributed by atoms with Gasteiger partial charge in [-0.2, -0.15) is 9.61 Å². The number of halogens is 3. The van der Waals surface area contributed by atoms with Gasteiger partial charge in [0, 0.05) is 30.9 Å². The van der Waals surface area contributed by atoms with Gasteiger partial charge in [-0.3, -0.25) is 4.79 Å². The van der Waals surface area contributed by atoms with Crippen LogP contribution in [-0.2, 0) is 10.0 Å². The average molecular weight is 635 g/mol. The van der Waals surface area contributed by atoms with Gasteiger partial charge in [-0.05, 0) is 61.6 Å². The Labute approximate surface area is 251 Å². The number of nitrogens with one attached hydrogen (secondary N) is 3. The number of anilines is 2. The summed E-state index contributed by atoms with van der Waals surface area (Å²) in [6, 6.07) is 10.2. The zero-order valence-corrected chi connectivity index (χ0v) is 24.6. The summed E-state index contributed by atoms with van der Waals surface area (Å²) in [4.78, 5) is 31.3. The van der Waals surface area contributed by atoms with Crippen LogP contribution in [0.3, 0.4) is 0 Å². The quantitative estimate of drug-likeness (QED) is 0.262. The maximum absolute atomic E-state index is 13.8. The van der Waals surface area contributed by atoms with Crippen LogP contribution < -0.4 is 15.4 Å². The summed E-state index contributed by atoms with van der Waals surface area (Å²) in [5.74, 6) is -0.379. The van der Waals surface area contributed by atoms with Gasteiger partial charge in [-0.25, -0.2) is 27.3 Å². The molecule has 1 aliphatic rings. The molecule has 3 heterocycles. The van der Waals surface area contributed by atoms with Crippen LogP contribution in [0.4, 0.5) is 20.7 Å². The summed E-state index contributed by atoms with van der Waals surface area (Å²) >= 11 is 12.6. The lowest BCUT2D eigenvalue weighted by Gasteiger charge is -2.32. The summed E-state index contributed by atoms with van der Waals surface area (Å²) in [6.07, 6.45) is 3.64. The molecule has 4 aromatic rings. The van der Waals surface area contributed by atoms with E-state index in [1.165, 1.54) is 22.8 Å². The third-order valence-electron chi connectivity index (χ3n) is 6.88. The summed E-state index contributed by atoms with van der Waals surface area (Å²) < 4.78 is 42.4. The van der Waals surface area contributed by atoms with Crippen LogP contribution in [0.2, 0.25) is 10.0 Å². The standard InChI is InChI=1S/C27H26Cl2FN7O4S/c1-2-31-27(39)35-42(40,41)23-15-33-37-24(34-22-13-18(28)5-8-21(22)29)20(14-32-25(23)37)26(38)36-11-9-17(10-12-36)16-3-6-19(30)7-4-16/h3-8,13-15,17,34H,2,9-12H2,1H3,(H2,31,35,39). The van der Waals surface area contributed by atoms with Crippen molar-refractivity contribution in [1.82, 2.24) is 29.5 Å². The van der Waals surface area contributed by atoms with Crippen molar-refractivity contribution >= 4 is 62.3 Å². The monoisotopic (exact) mass is 633 g/mol. The van der Waals surface area contributed by atoms with Gasteiger partial charge in [0.05, 0.1) is 16.9 Å². The molecule has 220 valence electrons. The molecule has 0 atom stereocenters. The molecule has 3 N–H and O–H groups in total. The van der Waals surface area contributed by atoms with Crippen molar-refractivity contribution in [3.05, 3.63) is 81.8 Å². The van der Waals surface area contributed by atoms with Crippen LogP contribution in [0.15, 0.2) is 59.8 Å². The van der Waals surface area contributed by atoms with Gasteiger partial charge in [0.25, 0.3) is 15.9 Å². The van der Waals surface area contributed by atoms with Crippen molar-refractivity contribution in [1.29, 1.82) is 0 Å². The number of carbonyl (C=O) groups is 2. The first kappa shape index (κ1) is 29.5. The Morgan fingerprint density at radius 2 is 1.79 bits per heavy atom. The van der Waals surface area contributed by atoms with Crippen molar-refractivity contribution in [3.63, 3.8) is 0 Å². The number of likely N-dealkylation sites (tertiary alicyclic amines) is 1. The van der Waals surface area contributed by atoms with E-state index in [0.29, 0.717) is 41.7 Å². The van der Waals surface area contributed by atoms with Crippen molar-refractivity contribution in [2.75, 3.05) is 25.0 Å². The molecule has 42 heavy (non-hydrogen) atoms. The van der Waals surface area contributed by atoms with E-state index in [-0.39, 0.29) is 46.1 Å². The number of sulfonamides is 1. The van der Waals surface area contributed by atoms with Gasteiger partial charge in [-0.15, -0.1) is 0 Å². The first-order valence-corrected chi connectivity index (χ1v) is 15.3. The van der Waals surface area contributed by atoms with Crippen molar-refractivity contribution in [3.8, 4) is 0 Å². The molecule has 15 heteroatoms. The van der Waals surface area contributed by atoms with Gasteiger partial charge < -0.3 is 15.5 Å². The van der Waals surface area contributed by atoms with Crippen LogP contribution >= 0.6 is 23.2 Å². The van der Waals surface area contributed by atoms with Crippen LogP contribution in [0.5, 0.6) is 0 Å². The van der Waals surface area contributed by atoms with Gasteiger partial charge in [0.15, 0.2) is 10.5 Å². The van der Waals surface area contributed by atoms with Crippen molar-refractivity contribution < 1.29 is 22.4 Å². The Hall–Kier alpha value is -3.94. The van der Waals surface area contributed by atoms with E-state index in [1.807, 2.05) is 4.72 Å². The lowest BCUT2D eigenvalue weighted by Crippen LogP contribution is -2.39. The second kappa shape index (κ2) is 12.1. The Balaban J connectivity index is 1.50. The van der Waals surface area contributed by atoms with Gasteiger partial charge in [0.1, 0.15) is 17.2 Å². The SMILES string of the molecule is CCNC(=O)NS(=O)(=O)c1cnn2c(Nc3cc(Cl)ccc3Cl)c(C(=O)N3CCC(c4ccc(F)cc4)CC3)cnc12. The number of fused-ring (bicyclic) bond motifs is 1. The molecule has 5 rings (SSSR count). The number of amides is 3. The Kier molecular flexibility index (Phi) is 8.53. The summed E-state index contributed by atoms with van der Waals surface area (Å²) in [7, 11) is -4.36. The van der Waals surface area contributed by atoms with Gasteiger partial charge in [-0.1, -0.05) is 35.3 Å². The lowest BCUT2D eigenvalue weighted by atomic mass is 9.89. The van der Waals surface area contributed by atoms with E-state index in [0.717, 1.165) is 11.8 Å². The highest BCUT2D eigenvalue weighted by Gasteiger charge is 2.30. The molecule has 3 amide bonds. The second-order valence-electron chi connectivity index (χ2n) is 9.60. The Morgan fingerprint density at radius 3 is 2.48 bits per heavy atom. The van der Waals surface area contributed by atoms with Gasteiger partial charge >= 0.3 is 6.03 Å². The molecule has 0 bridgehead atoms. The third-order valence-corrected chi connectivity index (χ3v) is 8.77. The van der Waals surface area contributed by atoms with E-state index < -0.39 is 16.1 Å². The van der Waals surface area contributed by atoms with Crippen LogP contribution in [0.1, 0.15) is 41.6 Å². The molecule has 1 fully saturated rings. The number of rotatable bonds is 7. The first-order valence-electron chi connectivity index (χ1n) is 13.0. The molecule has 2 aromatic heterocycles. The molecule has 0 saturated carbocycles. The summed E-state index contributed by atoms with van der Waals surface area (Å²) in [6.45, 7) is 2.73. The summed E-state index contributed by atoms with van der Waals surface area (Å²) in [5.41, 5.74) is 1.35. The number of carbonyl (C=O) groups excluding carboxylic acids is 2. The number of aromatic nitrogens is 3. The molecular formula is C27H26Cl2FN7O4S. The molecule has 1 aliphatic heterocycles. The highest BCUT2D eigenvalue weighted by Crippen LogP contribution is 2.33. The largest absolute Gasteiger partial charge is 0.338 e. The average Bonchev–Trinajstić information content (AvgIpc) is 3.41. The predicted octanol–water partition coefficient (Wildman–Crippen LogP) is 4.95. The number of hydrogen-bond donors (Lipinski definition) is 3. The zero-order valence-electron chi connectivity index (χ0n) is 22.3. The van der Waals surface area contributed by atoms with Crippen LogP contribution in [0, 0.1) is 5.82 Å². The van der Waals surface area contributed by atoms with E-state index in [9.17, 15) is 22.4 Å². The number of hydrogen-bond acceptors (Lipinski definition) is 7. The fourth-order valence-electron chi connectivity index (χ4n) is 4.79. The fraction of sp³-hybridized carbons (Fsp3) is 0.259. The van der Waals surface area contributed by atoms with E-state index in [4.69, 9.17) is 23.2 Å². The second-order valence-corrected chi connectivity index (χ2v) is 12.1. The smallest absolute Gasteiger partial charge is 0.328 e. The number of piperidine rings is 1. The fourth-order valence-corrected chi connectivity index (χ4v) is 6.12. The zero-order chi connectivity index (χ0) is 30.0. The normalized spacial score (nSPS) is 14.1. The Bertz CT molecular complexity index is 1760. The minimum Gasteiger partial charge on any atom is -0.338 e. The molecule has 2 aromatic carbocycles. The highest BCUT2D eigenvalue weighted by atomic mass is 35.5. The minimum absolute atomic E-state index is 0.106. The minimum atomic E-state index is -4.36. The first-order chi connectivity index (χ1) is 20.1. The van der Waals surface area contributed by atoms with Crippen LogP contribution in [-0.4, -0.2) is 59.5 Å². The third kappa shape index (κ3) is 6.13. The van der Waals surface area contributed by atoms with Gasteiger partial charge in [0.2, 0.25) is 0 Å². The number of nitrogens with zero attached hydrogens (tertiary/aromatic N) is 4. The molecular weight excluding hydrogens is 608 g/mol. The number of urea groups is 1. The molecule has 0 radical (unpaired) electrons. The van der Waals surface area contributed by atoms with E-state index >= 15 is 0 Å². The van der Waals surface area contributed by atoms with Crippen LogP contribution in [0.25, 0.3) is 5.65 Å². The maximum atomic E-state index is 13.8.